The molecule has 0 aliphatic heterocycles. The second-order valence-corrected chi connectivity index (χ2v) is 5.00. The zero-order valence-electron chi connectivity index (χ0n) is 12.7. The molecule has 3 N–H and O–H groups in total. The maximum absolute atomic E-state index is 13.0. The zero-order valence-corrected chi connectivity index (χ0v) is 12.7. The van der Waals surface area contributed by atoms with Crippen molar-refractivity contribution in [2.75, 3.05) is 23.8 Å². The minimum Gasteiger partial charge on any atom is -0.395 e. The Labute approximate surface area is 131 Å². The summed E-state index contributed by atoms with van der Waals surface area (Å²) in [5.41, 5.74) is 1.43. The molecule has 1 aromatic carbocycles. The van der Waals surface area contributed by atoms with Crippen molar-refractivity contribution in [1.82, 2.24) is 9.97 Å². The summed E-state index contributed by atoms with van der Waals surface area (Å²) in [5.74, 6) is -0.159. The first-order chi connectivity index (χ1) is 10.8. The lowest BCUT2D eigenvalue weighted by atomic mass is 10.1. The van der Waals surface area contributed by atoms with Gasteiger partial charge in [0.05, 0.1) is 6.61 Å². The summed E-state index contributed by atoms with van der Waals surface area (Å²) >= 11 is 0. The van der Waals surface area contributed by atoms with E-state index in [2.05, 4.69) is 20.6 Å². The fraction of sp³-hybridized carbons (Fsp3) is 0.333. The lowest BCUT2D eigenvalue weighted by Gasteiger charge is -2.15. The molecule has 8 heteroatoms. The molecule has 0 radical (unpaired) electrons. The molecule has 0 amide bonds. The van der Waals surface area contributed by atoms with Gasteiger partial charge in [0.15, 0.2) is 5.69 Å². The van der Waals surface area contributed by atoms with Crippen LogP contribution in [0.25, 0.3) is 0 Å². The number of hydrogen-bond donors (Lipinski definition) is 3. The van der Waals surface area contributed by atoms with Crippen LogP contribution in [0.15, 0.2) is 24.3 Å². The summed E-state index contributed by atoms with van der Waals surface area (Å²) in [5, 5.41) is 14.2. The molecular weight excluding hydrogens is 309 g/mol. The Morgan fingerprint density at radius 2 is 1.78 bits per heavy atom. The average molecular weight is 326 g/mol. The number of aliphatic hydroxyl groups is 1. The molecular formula is C15H17F3N4O. The van der Waals surface area contributed by atoms with Gasteiger partial charge in [0.1, 0.15) is 5.82 Å². The van der Waals surface area contributed by atoms with Crippen molar-refractivity contribution in [2.45, 2.75) is 20.0 Å². The number of nitrogens with zero attached hydrogens (tertiary/aromatic N) is 2. The van der Waals surface area contributed by atoms with E-state index in [9.17, 15) is 13.2 Å². The predicted octanol–water partition coefficient (Wildman–Crippen LogP) is 3.26. The smallest absolute Gasteiger partial charge is 0.395 e. The molecule has 0 aliphatic carbocycles. The number of para-hydroxylation sites is 1. The quantitative estimate of drug-likeness (QED) is 0.787. The number of nitrogens with one attached hydrogen (secondary N) is 2. The van der Waals surface area contributed by atoms with E-state index in [0.29, 0.717) is 5.69 Å². The van der Waals surface area contributed by atoms with E-state index >= 15 is 0 Å². The Kier molecular flexibility index (Phi) is 5.05. The summed E-state index contributed by atoms with van der Waals surface area (Å²) < 4.78 is 38.9. The Morgan fingerprint density at radius 3 is 2.35 bits per heavy atom. The van der Waals surface area contributed by atoms with Gasteiger partial charge in [0.2, 0.25) is 5.95 Å². The maximum Gasteiger partial charge on any atom is 0.433 e. The predicted molar refractivity (Wildman–Crippen MR) is 81.8 cm³/mol. The first kappa shape index (κ1) is 17.0. The monoisotopic (exact) mass is 326 g/mol. The first-order valence-corrected chi connectivity index (χ1v) is 6.95. The normalized spacial score (nSPS) is 11.4. The summed E-state index contributed by atoms with van der Waals surface area (Å²) in [4.78, 5) is 7.45. The number of benzene rings is 1. The number of halogens is 3. The van der Waals surface area contributed by atoms with Gasteiger partial charge in [-0.05, 0) is 25.0 Å². The highest BCUT2D eigenvalue weighted by molar-refractivity contribution is 5.65. The molecule has 0 spiro atoms. The number of aliphatic hydroxyl groups excluding tert-OH is 1. The lowest BCUT2D eigenvalue weighted by molar-refractivity contribution is -0.141. The van der Waals surface area contributed by atoms with Gasteiger partial charge < -0.3 is 15.7 Å². The van der Waals surface area contributed by atoms with Crippen LogP contribution in [0.1, 0.15) is 16.8 Å². The molecule has 0 aliphatic rings. The van der Waals surface area contributed by atoms with Crippen LogP contribution in [0.2, 0.25) is 0 Å². The number of aryl methyl sites for hydroxylation is 2. The molecule has 1 heterocycles. The van der Waals surface area contributed by atoms with E-state index in [1.54, 1.807) is 0 Å². The van der Waals surface area contributed by atoms with Gasteiger partial charge in [-0.2, -0.15) is 18.2 Å². The second kappa shape index (κ2) is 6.82. The Hall–Kier alpha value is -2.35. The zero-order chi connectivity index (χ0) is 17.0. The van der Waals surface area contributed by atoms with Gasteiger partial charge in [0, 0.05) is 18.3 Å². The third kappa shape index (κ3) is 4.32. The van der Waals surface area contributed by atoms with Gasteiger partial charge in [-0.3, -0.25) is 0 Å². The van der Waals surface area contributed by atoms with Gasteiger partial charge in [-0.15, -0.1) is 0 Å². The number of aromatic nitrogens is 2. The van der Waals surface area contributed by atoms with Crippen LogP contribution >= 0.6 is 0 Å². The molecule has 0 fully saturated rings. The average Bonchev–Trinajstić information content (AvgIpc) is 2.48. The largest absolute Gasteiger partial charge is 0.433 e. The minimum absolute atomic E-state index is 0.0326. The van der Waals surface area contributed by atoms with Crippen LogP contribution in [0, 0.1) is 13.8 Å². The van der Waals surface area contributed by atoms with Crippen LogP contribution in [-0.4, -0.2) is 28.2 Å². The van der Waals surface area contributed by atoms with Gasteiger partial charge in [-0.1, -0.05) is 18.2 Å². The Bertz CT molecular complexity index is 669. The highest BCUT2D eigenvalue weighted by atomic mass is 19.4. The molecule has 0 bridgehead atoms. The van der Waals surface area contributed by atoms with Crippen LogP contribution in [-0.2, 0) is 6.18 Å². The lowest BCUT2D eigenvalue weighted by Crippen LogP contribution is -2.15. The van der Waals surface area contributed by atoms with Crippen molar-refractivity contribution in [2.24, 2.45) is 0 Å². The van der Waals surface area contributed by atoms with Crippen molar-refractivity contribution < 1.29 is 18.3 Å². The van der Waals surface area contributed by atoms with Crippen molar-refractivity contribution in [3.8, 4) is 0 Å². The van der Waals surface area contributed by atoms with Crippen LogP contribution < -0.4 is 10.6 Å². The summed E-state index contributed by atoms with van der Waals surface area (Å²) in [6, 6.07) is 6.43. The fourth-order valence-corrected chi connectivity index (χ4v) is 2.04. The standard InChI is InChI=1S/C15H17F3N4O/c1-9-4-3-5-10(2)13(9)21-12-8-11(15(16,17)18)20-14(22-12)19-6-7-23/h3-5,8,23H,6-7H2,1-2H3,(H2,19,20,21,22). The molecule has 0 atom stereocenters. The SMILES string of the molecule is Cc1cccc(C)c1Nc1cc(C(F)(F)F)nc(NCCO)n1. The highest BCUT2D eigenvalue weighted by Crippen LogP contribution is 2.31. The first-order valence-electron chi connectivity index (χ1n) is 6.95. The van der Waals surface area contributed by atoms with Crippen LogP contribution in [0.3, 0.4) is 0 Å². The minimum atomic E-state index is -4.59. The third-order valence-electron chi connectivity index (χ3n) is 3.15. The Balaban J connectivity index is 2.40. The summed E-state index contributed by atoms with van der Waals surface area (Å²) in [7, 11) is 0. The molecule has 1 aromatic heterocycles. The molecule has 2 rings (SSSR count). The van der Waals surface area contributed by atoms with Crippen LogP contribution in [0.5, 0.6) is 0 Å². The third-order valence-corrected chi connectivity index (χ3v) is 3.15. The number of hydrogen-bond acceptors (Lipinski definition) is 5. The van der Waals surface area contributed by atoms with Crippen molar-refractivity contribution in [1.29, 1.82) is 0 Å². The van der Waals surface area contributed by atoms with E-state index in [1.165, 1.54) is 0 Å². The van der Waals surface area contributed by atoms with Gasteiger partial charge >= 0.3 is 6.18 Å². The molecule has 2 aromatic rings. The molecule has 0 saturated heterocycles. The van der Waals surface area contributed by atoms with Crippen molar-refractivity contribution in [3.05, 3.63) is 41.1 Å². The van der Waals surface area contributed by atoms with Crippen LogP contribution in [0.4, 0.5) is 30.6 Å². The van der Waals surface area contributed by atoms with E-state index in [0.717, 1.165) is 17.2 Å². The second-order valence-electron chi connectivity index (χ2n) is 5.00. The summed E-state index contributed by atoms with van der Waals surface area (Å²) in [6.45, 7) is 3.53. The Morgan fingerprint density at radius 1 is 1.13 bits per heavy atom. The molecule has 124 valence electrons. The van der Waals surface area contributed by atoms with Gasteiger partial charge in [0.25, 0.3) is 0 Å². The topological polar surface area (TPSA) is 70.1 Å². The number of rotatable bonds is 5. The number of alkyl halides is 3. The maximum atomic E-state index is 13.0. The van der Waals surface area contributed by atoms with Gasteiger partial charge in [-0.25, -0.2) is 4.98 Å². The number of anilines is 3. The highest BCUT2D eigenvalue weighted by Gasteiger charge is 2.33. The molecule has 5 nitrogen and oxygen atoms in total. The van der Waals surface area contributed by atoms with E-state index in [-0.39, 0.29) is 24.9 Å². The summed E-state index contributed by atoms with van der Waals surface area (Å²) in [6.07, 6.45) is -4.59. The van der Waals surface area contributed by atoms with Crippen molar-refractivity contribution in [3.63, 3.8) is 0 Å². The van der Waals surface area contributed by atoms with Crippen molar-refractivity contribution >= 4 is 17.5 Å². The van der Waals surface area contributed by atoms with E-state index in [4.69, 9.17) is 5.11 Å². The molecule has 23 heavy (non-hydrogen) atoms. The molecule has 0 unspecified atom stereocenters. The van der Waals surface area contributed by atoms with E-state index < -0.39 is 11.9 Å². The molecule has 0 saturated carbocycles. The van der Waals surface area contributed by atoms with E-state index in [1.807, 2.05) is 32.0 Å². The fourth-order valence-electron chi connectivity index (χ4n) is 2.04.